The van der Waals surface area contributed by atoms with E-state index < -0.39 is 0 Å². The molecule has 0 radical (unpaired) electrons. The second-order valence-corrected chi connectivity index (χ2v) is 5.08. The third-order valence-electron chi connectivity index (χ3n) is 3.39. The minimum absolute atomic E-state index is 0.617. The lowest BCUT2D eigenvalue weighted by molar-refractivity contribution is 0.0958. The molecular weight excluding hydrogens is 132 g/mol. The molecule has 1 rings (SSSR count). The molecule has 1 saturated carbocycles. The number of hydrogen-bond donors (Lipinski definition) is 0. The molecule has 66 valence electrons. The van der Waals surface area contributed by atoms with Gasteiger partial charge in [0.15, 0.2) is 0 Å². The normalized spacial score (nSPS) is 30.8. The first-order valence-electron chi connectivity index (χ1n) is 5.04. The Labute approximate surface area is 71.4 Å². The summed E-state index contributed by atoms with van der Waals surface area (Å²) in [5.41, 5.74) is 0.617. The van der Waals surface area contributed by atoms with Crippen LogP contribution in [0, 0.1) is 17.3 Å². The molecule has 1 unspecified atom stereocenters. The molecule has 1 fully saturated rings. The summed E-state index contributed by atoms with van der Waals surface area (Å²) >= 11 is 0. The van der Waals surface area contributed by atoms with Gasteiger partial charge in [-0.15, -0.1) is 0 Å². The molecule has 1 aliphatic carbocycles. The molecule has 0 aliphatic heterocycles. The van der Waals surface area contributed by atoms with Crippen molar-refractivity contribution in [2.45, 2.75) is 53.4 Å². The van der Waals surface area contributed by atoms with E-state index in [2.05, 4.69) is 27.7 Å². The summed E-state index contributed by atoms with van der Waals surface area (Å²) in [6.45, 7) is 9.63. The van der Waals surface area contributed by atoms with E-state index in [1.165, 1.54) is 25.7 Å². The predicted molar refractivity (Wildman–Crippen MR) is 50.6 cm³/mol. The highest BCUT2D eigenvalue weighted by atomic mass is 14.4. The average molecular weight is 154 g/mol. The first kappa shape index (κ1) is 9.09. The Bertz CT molecular complexity index is 122. The lowest BCUT2D eigenvalue weighted by atomic mass is 9.65. The van der Waals surface area contributed by atoms with Crippen LogP contribution in [0.3, 0.4) is 0 Å². The molecule has 0 saturated heterocycles. The van der Waals surface area contributed by atoms with E-state index in [0.717, 1.165) is 11.8 Å². The van der Waals surface area contributed by atoms with Gasteiger partial charge in [-0.2, -0.15) is 0 Å². The molecule has 1 aliphatic rings. The van der Waals surface area contributed by atoms with Crippen molar-refractivity contribution in [3.63, 3.8) is 0 Å². The van der Waals surface area contributed by atoms with Gasteiger partial charge in [0.05, 0.1) is 0 Å². The highest BCUT2D eigenvalue weighted by Crippen LogP contribution is 2.44. The summed E-state index contributed by atoms with van der Waals surface area (Å²) in [6.07, 6.45) is 5.82. The zero-order valence-corrected chi connectivity index (χ0v) is 8.48. The van der Waals surface area contributed by atoms with Crippen LogP contribution in [0.1, 0.15) is 53.4 Å². The van der Waals surface area contributed by atoms with E-state index in [-0.39, 0.29) is 0 Å². The minimum atomic E-state index is 0.617. The quantitative estimate of drug-likeness (QED) is 0.538. The van der Waals surface area contributed by atoms with Gasteiger partial charge in [-0.25, -0.2) is 0 Å². The van der Waals surface area contributed by atoms with Gasteiger partial charge in [0, 0.05) is 0 Å². The van der Waals surface area contributed by atoms with Gasteiger partial charge in [0.2, 0.25) is 0 Å². The third kappa shape index (κ3) is 1.98. The summed E-state index contributed by atoms with van der Waals surface area (Å²) in [5, 5.41) is 0. The topological polar surface area (TPSA) is 0 Å². The van der Waals surface area contributed by atoms with Gasteiger partial charge in [0.25, 0.3) is 0 Å². The van der Waals surface area contributed by atoms with E-state index in [4.69, 9.17) is 0 Å². The summed E-state index contributed by atoms with van der Waals surface area (Å²) in [6, 6.07) is 0. The molecule has 0 spiro atoms. The zero-order valence-electron chi connectivity index (χ0n) is 8.48. The highest BCUT2D eigenvalue weighted by Gasteiger charge is 2.33. The Morgan fingerprint density at radius 2 is 1.82 bits per heavy atom. The smallest absolute Gasteiger partial charge is 0.0323 e. The van der Waals surface area contributed by atoms with Crippen molar-refractivity contribution in [2.75, 3.05) is 0 Å². The summed E-state index contributed by atoms with van der Waals surface area (Å²) in [4.78, 5) is 0. The van der Waals surface area contributed by atoms with Crippen molar-refractivity contribution < 1.29 is 0 Å². The van der Waals surface area contributed by atoms with Crippen LogP contribution in [0.15, 0.2) is 0 Å². The molecule has 0 aromatic rings. The van der Waals surface area contributed by atoms with Crippen molar-refractivity contribution in [3.05, 3.63) is 0 Å². The van der Waals surface area contributed by atoms with Crippen LogP contribution >= 0.6 is 0 Å². The molecule has 1 atom stereocenters. The number of rotatable bonds is 1. The minimum Gasteiger partial charge on any atom is -0.0625 e. The van der Waals surface area contributed by atoms with E-state index in [1.54, 1.807) is 0 Å². The van der Waals surface area contributed by atoms with Gasteiger partial charge in [-0.05, 0) is 30.1 Å². The first-order chi connectivity index (χ1) is 5.04. The fraction of sp³-hybridized carbons (Fsp3) is 1.00. The van der Waals surface area contributed by atoms with Crippen LogP contribution in [-0.4, -0.2) is 0 Å². The maximum Gasteiger partial charge on any atom is -0.0323 e. The van der Waals surface area contributed by atoms with Crippen molar-refractivity contribution in [2.24, 2.45) is 17.3 Å². The van der Waals surface area contributed by atoms with Crippen LogP contribution < -0.4 is 0 Å². The van der Waals surface area contributed by atoms with E-state index >= 15 is 0 Å². The molecule has 0 aromatic heterocycles. The Morgan fingerprint density at radius 3 is 2.18 bits per heavy atom. The zero-order chi connectivity index (χ0) is 8.48. The molecule has 0 heterocycles. The largest absolute Gasteiger partial charge is 0.0625 e. The van der Waals surface area contributed by atoms with E-state index in [9.17, 15) is 0 Å². The predicted octanol–water partition coefficient (Wildman–Crippen LogP) is 3.86. The Kier molecular flexibility index (Phi) is 2.61. The maximum atomic E-state index is 2.44. The van der Waals surface area contributed by atoms with E-state index in [0.29, 0.717) is 5.41 Å². The van der Waals surface area contributed by atoms with Gasteiger partial charge in [-0.3, -0.25) is 0 Å². The Hall–Kier alpha value is 0. The fourth-order valence-electron chi connectivity index (χ4n) is 2.76. The van der Waals surface area contributed by atoms with Crippen molar-refractivity contribution in [1.29, 1.82) is 0 Å². The Balaban J connectivity index is 2.60. The number of hydrogen-bond acceptors (Lipinski definition) is 0. The first-order valence-corrected chi connectivity index (χ1v) is 5.04. The van der Waals surface area contributed by atoms with Crippen LogP contribution in [0.2, 0.25) is 0 Å². The monoisotopic (exact) mass is 154 g/mol. The van der Waals surface area contributed by atoms with Crippen molar-refractivity contribution in [3.8, 4) is 0 Å². The lowest BCUT2D eigenvalue weighted by Crippen LogP contribution is -2.31. The Morgan fingerprint density at radius 1 is 1.18 bits per heavy atom. The van der Waals surface area contributed by atoms with Gasteiger partial charge in [0.1, 0.15) is 0 Å². The molecule has 0 N–H and O–H groups in total. The average Bonchev–Trinajstić information content (AvgIpc) is 1.85. The second-order valence-electron chi connectivity index (χ2n) is 5.08. The van der Waals surface area contributed by atoms with Crippen LogP contribution in [0.25, 0.3) is 0 Å². The lowest BCUT2D eigenvalue weighted by Gasteiger charge is -2.41. The van der Waals surface area contributed by atoms with Crippen LogP contribution in [-0.2, 0) is 0 Å². The molecular formula is C11H22. The maximum absolute atomic E-state index is 2.44. The molecule has 0 aromatic carbocycles. The molecule has 0 heteroatoms. The molecule has 0 bridgehead atoms. The third-order valence-corrected chi connectivity index (χ3v) is 3.39. The van der Waals surface area contributed by atoms with Crippen molar-refractivity contribution in [1.82, 2.24) is 0 Å². The van der Waals surface area contributed by atoms with Gasteiger partial charge < -0.3 is 0 Å². The van der Waals surface area contributed by atoms with E-state index in [1.807, 2.05) is 0 Å². The van der Waals surface area contributed by atoms with Gasteiger partial charge in [-0.1, -0.05) is 40.5 Å². The summed E-state index contributed by atoms with van der Waals surface area (Å²) < 4.78 is 0. The molecule has 11 heavy (non-hydrogen) atoms. The van der Waals surface area contributed by atoms with Crippen molar-refractivity contribution >= 4 is 0 Å². The second kappa shape index (κ2) is 3.16. The SMILES string of the molecule is CC(C)C1CCCCC1(C)C. The summed E-state index contributed by atoms with van der Waals surface area (Å²) in [5.74, 6) is 1.85. The highest BCUT2D eigenvalue weighted by molar-refractivity contribution is 4.84. The summed E-state index contributed by atoms with van der Waals surface area (Å²) in [7, 11) is 0. The van der Waals surface area contributed by atoms with Crippen LogP contribution in [0.5, 0.6) is 0 Å². The standard InChI is InChI=1S/C11H22/c1-9(2)10-7-5-6-8-11(10,3)4/h9-10H,5-8H2,1-4H3. The fourth-order valence-corrected chi connectivity index (χ4v) is 2.76. The van der Waals surface area contributed by atoms with Crippen LogP contribution in [0.4, 0.5) is 0 Å². The molecule has 0 amide bonds. The van der Waals surface area contributed by atoms with Gasteiger partial charge >= 0.3 is 0 Å². The molecule has 0 nitrogen and oxygen atoms in total.